The molecule has 0 aliphatic carbocycles. The topological polar surface area (TPSA) is 84.9 Å². The fourth-order valence-electron chi connectivity index (χ4n) is 4.65. The Kier molecular flexibility index (Phi) is 5.68. The van der Waals surface area contributed by atoms with Gasteiger partial charge in [0, 0.05) is 35.3 Å². The van der Waals surface area contributed by atoms with Gasteiger partial charge in [-0.1, -0.05) is 18.2 Å². The van der Waals surface area contributed by atoms with Crippen LogP contribution >= 0.6 is 0 Å². The van der Waals surface area contributed by atoms with Crippen LogP contribution in [-0.2, 0) is 23.2 Å². The van der Waals surface area contributed by atoms with Gasteiger partial charge < -0.3 is 23.7 Å². The van der Waals surface area contributed by atoms with Gasteiger partial charge in [0.05, 0.1) is 30.5 Å². The maximum Gasteiger partial charge on any atom is 0.296 e. The molecule has 0 radical (unpaired) electrons. The number of Topliss-reactive ketones (excluding diaryl/α,β-unsaturated/α-hetero) is 1. The van der Waals surface area contributed by atoms with Gasteiger partial charge in [-0.3, -0.25) is 9.59 Å². The Morgan fingerprint density at radius 3 is 2.49 bits per heavy atom. The van der Waals surface area contributed by atoms with Crippen molar-refractivity contribution in [2.45, 2.75) is 32.5 Å². The Hall–Kier alpha value is -4.26. The van der Waals surface area contributed by atoms with Gasteiger partial charge in [-0.2, -0.15) is 0 Å². The average Bonchev–Trinajstić information content (AvgIpc) is 3.53. The summed E-state index contributed by atoms with van der Waals surface area (Å²) >= 11 is 0. The van der Waals surface area contributed by atoms with Crippen LogP contribution in [-0.4, -0.2) is 32.4 Å². The molecule has 1 N–H and O–H groups in total. The number of fused-ring (bicyclic) bond motifs is 1. The van der Waals surface area contributed by atoms with Crippen molar-refractivity contribution < 1.29 is 23.8 Å². The van der Waals surface area contributed by atoms with Gasteiger partial charge in [0.15, 0.2) is 0 Å². The zero-order valence-electron chi connectivity index (χ0n) is 19.8. The Labute approximate surface area is 202 Å². The van der Waals surface area contributed by atoms with Crippen LogP contribution in [0.5, 0.6) is 5.75 Å². The molecule has 5 rings (SSSR count). The molecule has 7 heteroatoms. The minimum Gasteiger partial charge on any atom is -0.507 e. The van der Waals surface area contributed by atoms with Crippen molar-refractivity contribution in [1.82, 2.24) is 9.47 Å². The van der Waals surface area contributed by atoms with Gasteiger partial charge in [0.2, 0.25) is 0 Å². The second-order valence-corrected chi connectivity index (χ2v) is 8.91. The molecule has 35 heavy (non-hydrogen) atoms. The van der Waals surface area contributed by atoms with E-state index >= 15 is 0 Å². The number of aromatic nitrogens is 1. The lowest BCUT2D eigenvalue weighted by atomic mass is 9.95. The van der Waals surface area contributed by atoms with E-state index in [1.165, 1.54) is 11.2 Å². The lowest BCUT2D eigenvalue weighted by molar-refractivity contribution is -0.140. The molecule has 1 amide bonds. The number of rotatable bonds is 6. The summed E-state index contributed by atoms with van der Waals surface area (Å²) in [7, 11) is 1.91. The lowest BCUT2D eigenvalue weighted by Crippen LogP contribution is -2.29. The van der Waals surface area contributed by atoms with Crippen molar-refractivity contribution >= 4 is 28.4 Å². The van der Waals surface area contributed by atoms with E-state index in [1.807, 2.05) is 55.9 Å². The summed E-state index contributed by atoms with van der Waals surface area (Å²) < 4.78 is 13.1. The predicted molar refractivity (Wildman–Crippen MR) is 132 cm³/mol. The summed E-state index contributed by atoms with van der Waals surface area (Å²) in [5.41, 5.74) is 2.20. The van der Waals surface area contributed by atoms with Crippen LogP contribution in [0.2, 0.25) is 0 Å². The molecule has 4 aromatic rings. The number of carbonyl (C=O) groups excluding carboxylic acids is 2. The van der Waals surface area contributed by atoms with Gasteiger partial charge in [0.25, 0.3) is 11.7 Å². The van der Waals surface area contributed by atoms with Crippen LogP contribution in [0.3, 0.4) is 0 Å². The third-order valence-electron chi connectivity index (χ3n) is 6.17. The molecule has 1 aliphatic heterocycles. The van der Waals surface area contributed by atoms with Crippen LogP contribution in [0.25, 0.3) is 16.7 Å². The second-order valence-electron chi connectivity index (χ2n) is 8.91. The highest BCUT2D eigenvalue weighted by atomic mass is 16.5. The fraction of sp³-hybridized carbons (Fsp3) is 0.214. The smallest absolute Gasteiger partial charge is 0.296 e. The quantitative estimate of drug-likeness (QED) is 0.238. The molecule has 7 nitrogen and oxygen atoms in total. The number of para-hydroxylation sites is 1. The van der Waals surface area contributed by atoms with Crippen molar-refractivity contribution in [1.29, 1.82) is 0 Å². The molecule has 0 bridgehead atoms. The van der Waals surface area contributed by atoms with E-state index in [-0.39, 0.29) is 24.0 Å². The number of furan rings is 1. The number of amides is 1. The number of hydrogen-bond donors (Lipinski definition) is 1. The normalized spacial score (nSPS) is 17.6. The summed E-state index contributed by atoms with van der Waals surface area (Å²) in [5.74, 6) is -0.429. The summed E-state index contributed by atoms with van der Waals surface area (Å²) in [6.45, 7) is 3.96. The Morgan fingerprint density at radius 2 is 1.80 bits per heavy atom. The van der Waals surface area contributed by atoms with Crippen LogP contribution in [0.1, 0.15) is 36.8 Å². The van der Waals surface area contributed by atoms with Crippen molar-refractivity contribution in [3.63, 3.8) is 0 Å². The summed E-state index contributed by atoms with van der Waals surface area (Å²) in [4.78, 5) is 28.0. The first-order valence-electron chi connectivity index (χ1n) is 11.5. The third kappa shape index (κ3) is 3.99. The fourth-order valence-corrected chi connectivity index (χ4v) is 4.65. The maximum absolute atomic E-state index is 13.3. The van der Waals surface area contributed by atoms with Gasteiger partial charge in [-0.25, -0.2) is 0 Å². The summed E-state index contributed by atoms with van der Waals surface area (Å²) in [6.07, 6.45) is 3.44. The monoisotopic (exact) mass is 470 g/mol. The van der Waals surface area contributed by atoms with Gasteiger partial charge in [0.1, 0.15) is 17.3 Å². The minimum atomic E-state index is -0.780. The zero-order chi connectivity index (χ0) is 24.7. The minimum absolute atomic E-state index is 0.00716. The van der Waals surface area contributed by atoms with Gasteiger partial charge >= 0.3 is 0 Å². The number of benzene rings is 2. The maximum atomic E-state index is 13.3. The van der Waals surface area contributed by atoms with E-state index in [0.717, 1.165) is 16.5 Å². The molecular formula is C28H26N2O5. The SMILES string of the molecule is CC(C)Oc1ccc(/C(O)=C2\C(=O)C(=O)N(Cc3ccco3)C2c2cn(C)c3ccccc23)cc1. The Bertz CT molecular complexity index is 1430. The van der Waals surface area contributed by atoms with E-state index in [9.17, 15) is 14.7 Å². The molecule has 1 unspecified atom stereocenters. The van der Waals surface area contributed by atoms with Gasteiger partial charge in [-0.05, 0) is 56.3 Å². The standard InChI is InChI=1S/C28H26N2O5/c1-17(2)35-19-12-10-18(11-13-19)26(31)24-25(22-16-29(3)23-9-5-4-8-21(22)23)30(28(33)27(24)32)15-20-7-6-14-34-20/h4-14,16-17,25,31H,15H2,1-3H3/b26-24+. The molecule has 1 atom stereocenters. The molecule has 3 heterocycles. The Morgan fingerprint density at radius 1 is 1.06 bits per heavy atom. The second kappa shape index (κ2) is 8.83. The number of carbonyl (C=O) groups is 2. The van der Waals surface area contributed by atoms with Gasteiger partial charge in [-0.15, -0.1) is 0 Å². The molecule has 1 saturated heterocycles. The first-order chi connectivity index (χ1) is 16.8. The number of aliphatic hydroxyl groups excluding tert-OH is 1. The molecule has 178 valence electrons. The first-order valence-corrected chi connectivity index (χ1v) is 11.5. The highest BCUT2D eigenvalue weighted by molar-refractivity contribution is 6.46. The summed E-state index contributed by atoms with van der Waals surface area (Å²) in [6, 6.07) is 17.3. The first kappa shape index (κ1) is 22.5. The molecular weight excluding hydrogens is 444 g/mol. The number of aliphatic hydroxyl groups is 1. The molecule has 0 spiro atoms. The molecule has 0 saturated carbocycles. The van der Waals surface area contributed by atoms with E-state index in [4.69, 9.17) is 9.15 Å². The van der Waals surface area contributed by atoms with Crippen molar-refractivity contribution in [3.05, 3.63) is 95.6 Å². The van der Waals surface area contributed by atoms with Crippen LogP contribution in [0, 0.1) is 0 Å². The van der Waals surface area contributed by atoms with E-state index in [2.05, 4.69) is 0 Å². The largest absolute Gasteiger partial charge is 0.507 e. The lowest BCUT2D eigenvalue weighted by Gasteiger charge is -2.24. The van der Waals surface area contributed by atoms with Crippen LogP contribution in [0.4, 0.5) is 0 Å². The molecule has 1 aliphatic rings. The Balaban J connectivity index is 1.67. The number of nitrogens with zero attached hydrogens (tertiary/aromatic N) is 2. The van der Waals surface area contributed by atoms with E-state index in [1.54, 1.807) is 36.4 Å². The highest BCUT2D eigenvalue weighted by Crippen LogP contribution is 2.43. The van der Waals surface area contributed by atoms with Crippen molar-refractivity contribution in [2.75, 3.05) is 0 Å². The van der Waals surface area contributed by atoms with E-state index < -0.39 is 17.7 Å². The number of hydrogen-bond acceptors (Lipinski definition) is 5. The average molecular weight is 471 g/mol. The highest BCUT2D eigenvalue weighted by Gasteiger charge is 2.47. The zero-order valence-corrected chi connectivity index (χ0v) is 19.8. The number of ketones is 1. The van der Waals surface area contributed by atoms with Crippen LogP contribution < -0.4 is 4.74 Å². The molecule has 2 aromatic heterocycles. The molecule has 1 fully saturated rings. The van der Waals surface area contributed by atoms with Crippen molar-refractivity contribution in [2.24, 2.45) is 7.05 Å². The van der Waals surface area contributed by atoms with Crippen LogP contribution in [0.15, 0.2) is 83.1 Å². The predicted octanol–water partition coefficient (Wildman–Crippen LogP) is 5.18. The summed E-state index contributed by atoms with van der Waals surface area (Å²) in [5, 5.41) is 12.2. The third-order valence-corrected chi connectivity index (χ3v) is 6.17. The number of likely N-dealkylation sites (tertiary alicyclic amines) is 1. The number of ether oxygens (including phenoxy) is 1. The molecule has 2 aromatic carbocycles. The van der Waals surface area contributed by atoms with E-state index in [0.29, 0.717) is 17.1 Å². The van der Waals surface area contributed by atoms with Crippen molar-refractivity contribution in [3.8, 4) is 5.75 Å². The number of aryl methyl sites for hydroxylation is 1.